The van der Waals surface area contributed by atoms with E-state index in [9.17, 15) is 0 Å². The molecule has 0 saturated heterocycles. The molecule has 0 aromatic carbocycles. The molecule has 0 amide bonds. The highest BCUT2D eigenvalue weighted by Crippen LogP contribution is 2.37. The predicted molar refractivity (Wildman–Crippen MR) is 84.8 cm³/mol. The summed E-state index contributed by atoms with van der Waals surface area (Å²) < 4.78 is 15.8. The first kappa shape index (κ1) is 16.7. The van der Waals surface area contributed by atoms with Gasteiger partial charge in [-0.3, -0.25) is 0 Å². The van der Waals surface area contributed by atoms with Crippen molar-refractivity contribution in [3.8, 4) is 0 Å². The van der Waals surface area contributed by atoms with Gasteiger partial charge < -0.3 is 14.2 Å². The van der Waals surface area contributed by atoms with Gasteiger partial charge in [0.15, 0.2) is 5.05 Å². The van der Waals surface area contributed by atoms with Crippen LogP contribution >= 0.6 is 28.1 Å². The lowest BCUT2D eigenvalue weighted by Gasteiger charge is -2.30. The van der Waals surface area contributed by atoms with Gasteiger partial charge in [-0.2, -0.15) is 0 Å². The zero-order chi connectivity index (χ0) is 14.3. The summed E-state index contributed by atoms with van der Waals surface area (Å²) in [6.45, 7) is 5.74. The highest BCUT2D eigenvalue weighted by molar-refractivity contribution is 9.10. The van der Waals surface area contributed by atoms with Crippen LogP contribution in [0, 0.1) is 0 Å². The number of ether oxygens (including phenoxy) is 3. The zero-order valence-electron chi connectivity index (χ0n) is 11.7. The fraction of sp³-hybridized carbons (Fsp3) is 0.643. The van der Waals surface area contributed by atoms with Gasteiger partial charge in [-0.25, -0.2) is 0 Å². The van der Waals surface area contributed by atoms with Crippen molar-refractivity contribution in [3.63, 3.8) is 0 Å². The molecule has 0 aromatic rings. The van der Waals surface area contributed by atoms with Gasteiger partial charge in [0.2, 0.25) is 0 Å². The molecule has 5 heteroatoms. The Bertz CT molecular complexity index is 379. The summed E-state index contributed by atoms with van der Waals surface area (Å²) in [7, 11) is 1.66. The molecular formula is C14H21BrO3S. The Kier molecular flexibility index (Phi) is 7.04. The number of methoxy groups -OCH3 is 1. The van der Waals surface area contributed by atoms with Crippen molar-refractivity contribution in [1.29, 1.82) is 0 Å². The zero-order valence-corrected chi connectivity index (χ0v) is 14.1. The van der Waals surface area contributed by atoms with Gasteiger partial charge >= 0.3 is 0 Å². The van der Waals surface area contributed by atoms with E-state index >= 15 is 0 Å². The van der Waals surface area contributed by atoms with Gasteiger partial charge in [-0.05, 0) is 31.1 Å². The number of thiocarbonyl (C=S) groups is 1. The average Bonchev–Trinajstić information content (AvgIpc) is 2.40. The lowest BCUT2D eigenvalue weighted by atomic mass is 9.94. The fourth-order valence-corrected chi connectivity index (χ4v) is 2.59. The van der Waals surface area contributed by atoms with Crippen LogP contribution in [-0.2, 0) is 14.2 Å². The standard InChI is InChI=1S/C14H21BrO3S/c1-4-11-6-7-14(15,13(19)17-5-2)10-12(11)18-9-8-16-3/h6-7H,4-5,8-10H2,1-3H3. The number of alkyl halides is 1. The Balaban J connectivity index is 2.78. The molecule has 0 heterocycles. The first-order valence-corrected chi connectivity index (χ1v) is 7.66. The first-order valence-electron chi connectivity index (χ1n) is 6.46. The molecule has 0 spiro atoms. The van der Waals surface area contributed by atoms with E-state index in [2.05, 4.69) is 28.9 Å². The van der Waals surface area contributed by atoms with Crippen LogP contribution in [0.25, 0.3) is 0 Å². The lowest BCUT2D eigenvalue weighted by Crippen LogP contribution is -2.33. The topological polar surface area (TPSA) is 27.7 Å². The maximum atomic E-state index is 5.81. The predicted octanol–water partition coefficient (Wildman–Crippen LogP) is 3.77. The second kappa shape index (κ2) is 8.02. The monoisotopic (exact) mass is 348 g/mol. The fourth-order valence-electron chi connectivity index (χ4n) is 1.83. The van der Waals surface area contributed by atoms with Gasteiger partial charge in [-0.1, -0.05) is 35.0 Å². The SMILES string of the molecule is CCOC(=S)C1(Br)C=CC(CC)=C(OCCOC)C1. The summed E-state index contributed by atoms with van der Waals surface area (Å²) in [5.74, 6) is 0.959. The van der Waals surface area contributed by atoms with Crippen LogP contribution in [0.4, 0.5) is 0 Å². The van der Waals surface area contributed by atoms with Crippen LogP contribution in [-0.4, -0.2) is 36.3 Å². The Morgan fingerprint density at radius 1 is 1.42 bits per heavy atom. The minimum absolute atomic E-state index is 0.445. The number of rotatable bonds is 7. The van der Waals surface area contributed by atoms with Crippen molar-refractivity contribution in [2.24, 2.45) is 0 Å². The Morgan fingerprint density at radius 3 is 2.74 bits per heavy atom. The van der Waals surface area contributed by atoms with E-state index in [0.717, 1.165) is 12.2 Å². The Labute approximate surface area is 129 Å². The number of allylic oxidation sites excluding steroid dienone is 3. The molecule has 1 aliphatic carbocycles. The summed E-state index contributed by atoms with van der Waals surface area (Å²) >= 11 is 9.00. The molecule has 3 nitrogen and oxygen atoms in total. The number of hydrogen-bond donors (Lipinski definition) is 0. The van der Waals surface area contributed by atoms with E-state index in [1.54, 1.807) is 7.11 Å². The van der Waals surface area contributed by atoms with E-state index in [4.69, 9.17) is 26.4 Å². The normalized spacial score (nSPS) is 22.5. The molecule has 1 rings (SSSR count). The Hall–Kier alpha value is -0.390. The second-order valence-electron chi connectivity index (χ2n) is 4.24. The van der Waals surface area contributed by atoms with E-state index in [1.807, 2.05) is 13.0 Å². The third-order valence-corrected chi connectivity index (χ3v) is 4.53. The van der Waals surface area contributed by atoms with Crippen molar-refractivity contribution < 1.29 is 14.2 Å². The smallest absolute Gasteiger partial charge is 0.180 e. The van der Waals surface area contributed by atoms with Crippen molar-refractivity contribution >= 4 is 33.2 Å². The molecule has 108 valence electrons. The van der Waals surface area contributed by atoms with E-state index in [0.29, 0.717) is 31.3 Å². The van der Waals surface area contributed by atoms with Gasteiger partial charge in [0, 0.05) is 13.5 Å². The van der Waals surface area contributed by atoms with Crippen molar-refractivity contribution in [1.82, 2.24) is 0 Å². The molecule has 19 heavy (non-hydrogen) atoms. The molecule has 1 atom stereocenters. The highest BCUT2D eigenvalue weighted by atomic mass is 79.9. The number of halogens is 1. The molecule has 0 saturated carbocycles. The first-order chi connectivity index (χ1) is 9.07. The molecule has 0 aromatic heterocycles. The van der Waals surface area contributed by atoms with Gasteiger partial charge in [-0.15, -0.1) is 0 Å². The van der Waals surface area contributed by atoms with Crippen LogP contribution in [0.15, 0.2) is 23.5 Å². The Morgan fingerprint density at radius 2 is 2.16 bits per heavy atom. The third-order valence-electron chi connectivity index (χ3n) is 2.88. The summed E-state index contributed by atoms with van der Waals surface area (Å²) in [6.07, 6.45) is 5.72. The maximum Gasteiger partial charge on any atom is 0.180 e. The molecule has 0 bridgehead atoms. The maximum absolute atomic E-state index is 5.81. The van der Waals surface area contributed by atoms with Crippen molar-refractivity contribution in [3.05, 3.63) is 23.5 Å². The lowest BCUT2D eigenvalue weighted by molar-refractivity contribution is 0.104. The van der Waals surface area contributed by atoms with E-state index in [-0.39, 0.29) is 0 Å². The van der Waals surface area contributed by atoms with Crippen LogP contribution in [0.5, 0.6) is 0 Å². The van der Waals surface area contributed by atoms with Gasteiger partial charge in [0.1, 0.15) is 16.7 Å². The van der Waals surface area contributed by atoms with Crippen LogP contribution < -0.4 is 0 Å². The molecular weight excluding hydrogens is 328 g/mol. The van der Waals surface area contributed by atoms with Gasteiger partial charge in [0.05, 0.1) is 13.2 Å². The van der Waals surface area contributed by atoms with Crippen molar-refractivity contribution in [2.75, 3.05) is 26.9 Å². The molecule has 0 N–H and O–H groups in total. The van der Waals surface area contributed by atoms with Gasteiger partial charge in [0.25, 0.3) is 0 Å². The minimum atomic E-state index is -0.445. The molecule has 1 aliphatic rings. The minimum Gasteiger partial charge on any atom is -0.495 e. The largest absolute Gasteiger partial charge is 0.495 e. The van der Waals surface area contributed by atoms with Crippen LogP contribution in [0.2, 0.25) is 0 Å². The average molecular weight is 349 g/mol. The van der Waals surface area contributed by atoms with Crippen LogP contribution in [0.3, 0.4) is 0 Å². The third kappa shape index (κ3) is 4.58. The van der Waals surface area contributed by atoms with E-state index < -0.39 is 4.32 Å². The molecule has 0 aliphatic heterocycles. The van der Waals surface area contributed by atoms with Crippen molar-refractivity contribution in [2.45, 2.75) is 31.0 Å². The second-order valence-corrected chi connectivity index (χ2v) is 6.02. The summed E-state index contributed by atoms with van der Waals surface area (Å²) in [6, 6.07) is 0. The molecule has 0 radical (unpaired) electrons. The quantitative estimate of drug-likeness (QED) is 0.397. The summed E-state index contributed by atoms with van der Waals surface area (Å²) in [5, 5.41) is 0.550. The molecule has 0 fully saturated rings. The summed E-state index contributed by atoms with van der Waals surface area (Å²) in [4.78, 5) is 0. The van der Waals surface area contributed by atoms with Crippen LogP contribution in [0.1, 0.15) is 26.7 Å². The summed E-state index contributed by atoms with van der Waals surface area (Å²) in [5.41, 5.74) is 1.20. The molecule has 1 unspecified atom stereocenters. The number of hydrogen-bond acceptors (Lipinski definition) is 4. The highest BCUT2D eigenvalue weighted by Gasteiger charge is 2.35. The van der Waals surface area contributed by atoms with E-state index in [1.165, 1.54) is 5.57 Å².